The first kappa shape index (κ1) is 12.3. The van der Waals surface area contributed by atoms with Gasteiger partial charge in [-0.25, -0.2) is 4.98 Å². The molecule has 1 saturated heterocycles. The summed E-state index contributed by atoms with van der Waals surface area (Å²) in [6.45, 7) is 8.07. The fourth-order valence-electron chi connectivity index (χ4n) is 2.89. The summed E-state index contributed by atoms with van der Waals surface area (Å²) in [4.78, 5) is 11.1. The summed E-state index contributed by atoms with van der Waals surface area (Å²) < 4.78 is 0. The van der Waals surface area contributed by atoms with E-state index in [1.807, 2.05) is 18.0 Å². The standard InChI is InChI=1S/C14H21N3S/c1-11(2)16-7-8-17-12(10-16)5-9-18-13-4-3-6-15-14(13)17/h3-4,6,11-12H,5,7-10H2,1-2H3/t12-/m1/s1. The second kappa shape index (κ2) is 5.10. The second-order valence-corrected chi connectivity index (χ2v) is 6.53. The van der Waals surface area contributed by atoms with Crippen LogP contribution in [0.1, 0.15) is 20.3 Å². The monoisotopic (exact) mass is 263 g/mol. The van der Waals surface area contributed by atoms with Crippen LogP contribution in [0.15, 0.2) is 23.2 Å². The van der Waals surface area contributed by atoms with Crippen molar-refractivity contribution < 1.29 is 0 Å². The Kier molecular flexibility index (Phi) is 3.48. The molecule has 1 aromatic rings. The molecular weight excluding hydrogens is 242 g/mol. The van der Waals surface area contributed by atoms with Gasteiger partial charge in [-0.1, -0.05) is 0 Å². The molecule has 4 heteroatoms. The van der Waals surface area contributed by atoms with Crippen LogP contribution in [0, 0.1) is 0 Å². The number of rotatable bonds is 1. The van der Waals surface area contributed by atoms with Gasteiger partial charge in [-0.05, 0) is 32.4 Å². The minimum Gasteiger partial charge on any atom is -0.350 e. The number of anilines is 1. The first-order chi connectivity index (χ1) is 8.75. The van der Waals surface area contributed by atoms with Gasteiger partial charge in [0.1, 0.15) is 5.82 Å². The van der Waals surface area contributed by atoms with Crippen LogP contribution in [0.25, 0.3) is 0 Å². The third-order valence-electron chi connectivity index (χ3n) is 3.98. The summed E-state index contributed by atoms with van der Waals surface area (Å²) in [5.74, 6) is 2.43. The Labute approximate surface area is 114 Å². The van der Waals surface area contributed by atoms with E-state index < -0.39 is 0 Å². The lowest BCUT2D eigenvalue weighted by Gasteiger charge is -2.43. The van der Waals surface area contributed by atoms with E-state index in [1.54, 1.807) is 0 Å². The van der Waals surface area contributed by atoms with Crippen molar-refractivity contribution in [2.45, 2.75) is 37.2 Å². The lowest BCUT2D eigenvalue weighted by molar-refractivity contribution is 0.178. The summed E-state index contributed by atoms with van der Waals surface area (Å²) in [6, 6.07) is 5.57. The molecule has 0 amide bonds. The molecule has 18 heavy (non-hydrogen) atoms. The van der Waals surface area contributed by atoms with E-state index in [-0.39, 0.29) is 0 Å². The van der Waals surface area contributed by atoms with E-state index in [1.165, 1.54) is 29.4 Å². The van der Waals surface area contributed by atoms with Crippen LogP contribution in [0.2, 0.25) is 0 Å². The van der Waals surface area contributed by atoms with Crippen LogP contribution in [0.3, 0.4) is 0 Å². The maximum Gasteiger partial charge on any atom is 0.142 e. The van der Waals surface area contributed by atoms with Crippen LogP contribution >= 0.6 is 11.8 Å². The van der Waals surface area contributed by atoms with Crippen molar-refractivity contribution in [1.29, 1.82) is 0 Å². The molecule has 98 valence electrons. The first-order valence-electron chi connectivity index (χ1n) is 6.84. The van der Waals surface area contributed by atoms with Gasteiger partial charge in [-0.15, -0.1) is 11.8 Å². The minimum absolute atomic E-state index is 0.643. The topological polar surface area (TPSA) is 19.4 Å². The number of hydrogen-bond donors (Lipinski definition) is 0. The van der Waals surface area contributed by atoms with E-state index >= 15 is 0 Å². The number of fused-ring (bicyclic) bond motifs is 3. The van der Waals surface area contributed by atoms with Crippen LogP contribution in [-0.4, -0.2) is 47.4 Å². The Balaban J connectivity index is 1.86. The number of hydrogen-bond acceptors (Lipinski definition) is 4. The number of aromatic nitrogens is 1. The summed E-state index contributed by atoms with van der Waals surface area (Å²) in [5, 5.41) is 0. The van der Waals surface area contributed by atoms with E-state index in [0.717, 1.165) is 13.1 Å². The van der Waals surface area contributed by atoms with Crippen LogP contribution < -0.4 is 4.90 Å². The van der Waals surface area contributed by atoms with Crippen LogP contribution in [0.5, 0.6) is 0 Å². The molecule has 0 aliphatic carbocycles. The third kappa shape index (κ3) is 2.24. The lowest BCUT2D eigenvalue weighted by atomic mass is 10.1. The Hall–Kier alpha value is -0.740. The maximum absolute atomic E-state index is 4.62. The highest BCUT2D eigenvalue weighted by Crippen LogP contribution is 2.35. The molecule has 1 aromatic heterocycles. The number of thioether (sulfide) groups is 1. The largest absolute Gasteiger partial charge is 0.350 e. The van der Waals surface area contributed by atoms with Gasteiger partial charge in [0.05, 0.1) is 0 Å². The predicted octanol–water partition coefficient (Wildman–Crippen LogP) is 2.48. The van der Waals surface area contributed by atoms with Gasteiger partial charge in [0, 0.05) is 48.6 Å². The number of nitrogens with zero attached hydrogens (tertiary/aromatic N) is 3. The normalized spacial score (nSPS) is 24.6. The highest BCUT2D eigenvalue weighted by atomic mass is 32.2. The van der Waals surface area contributed by atoms with Crippen molar-refractivity contribution in [2.75, 3.05) is 30.3 Å². The van der Waals surface area contributed by atoms with Crippen molar-refractivity contribution in [3.05, 3.63) is 18.3 Å². The minimum atomic E-state index is 0.643. The fraction of sp³-hybridized carbons (Fsp3) is 0.643. The van der Waals surface area contributed by atoms with Crippen molar-refractivity contribution in [1.82, 2.24) is 9.88 Å². The van der Waals surface area contributed by atoms with Gasteiger partial charge in [0.15, 0.2) is 0 Å². The molecule has 0 bridgehead atoms. The predicted molar refractivity (Wildman–Crippen MR) is 77.4 cm³/mol. The summed E-state index contributed by atoms with van der Waals surface area (Å²) in [6.07, 6.45) is 3.20. The number of pyridine rings is 1. The van der Waals surface area contributed by atoms with E-state index in [4.69, 9.17) is 0 Å². The molecule has 2 aliphatic rings. The maximum atomic E-state index is 4.62. The molecule has 3 rings (SSSR count). The molecule has 0 N–H and O–H groups in total. The fourth-order valence-corrected chi connectivity index (χ4v) is 3.97. The Morgan fingerprint density at radius 2 is 2.28 bits per heavy atom. The molecule has 1 atom stereocenters. The summed E-state index contributed by atoms with van der Waals surface area (Å²) in [5.41, 5.74) is 0. The molecule has 0 radical (unpaired) electrons. The molecular formula is C14H21N3S. The van der Waals surface area contributed by atoms with Gasteiger partial charge < -0.3 is 4.90 Å². The SMILES string of the molecule is CC(C)N1CCN2c3ncccc3SCC[C@@H]2C1. The first-order valence-corrected chi connectivity index (χ1v) is 7.83. The van der Waals surface area contributed by atoms with Crippen LogP contribution in [-0.2, 0) is 0 Å². The highest BCUT2D eigenvalue weighted by Gasteiger charge is 2.31. The van der Waals surface area contributed by atoms with E-state index in [2.05, 4.69) is 40.8 Å². The zero-order chi connectivity index (χ0) is 12.5. The highest BCUT2D eigenvalue weighted by molar-refractivity contribution is 7.99. The summed E-state index contributed by atoms with van der Waals surface area (Å²) >= 11 is 1.96. The zero-order valence-electron chi connectivity index (χ0n) is 11.2. The molecule has 0 saturated carbocycles. The summed E-state index contributed by atoms with van der Waals surface area (Å²) in [7, 11) is 0. The third-order valence-corrected chi connectivity index (χ3v) is 5.05. The average molecular weight is 263 g/mol. The molecule has 0 spiro atoms. The van der Waals surface area contributed by atoms with Gasteiger partial charge in [0.2, 0.25) is 0 Å². The van der Waals surface area contributed by atoms with Crippen molar-refractivity contribution in [3.63, 3.8) is 0 Å². The molecule has 3 heterocycles. The van der Waals surface area contributed by atoms with Gasteiger partial charge in [-0.3, -0.25) is 4.90 Å². The Bertz CT molecular complexity index is 421. The van der Waals surface area contributed by atoms with Gasteiger partial charge >= 0.3 is 0 Å². The Morgan fingerprint density at radius 3 is 3.11 bits per heavy atom. The Morgan fingerprint density at radius 1 is 1.39 bits per heavy atom. The number of piperazine rings is 1. The van der Waals surface area contributed by atoms with E-state index in [9.17, 15) is 0 Å². The van der Waals surface area contributed by atoms with Crippen molar-refractivity contribution in [2.24, 2.45) is 0 Å². The van der Waals surface area contributed by atoms with Crippen molar-refractivity contribution in [3.8, 4) is 0 Å². The molecule has 1 fully saturated rings. The van der Waals surface area contributed by atoms with Crippen LogP contribution in [0.4, 0.5) is 5.82 Å². The molecule has 0 unspecified atom stereocenters. The van der Waals surface area contributed by atoms with Crippen molar-refractivity contribution >= 4 is 17.6 Å². The second-order valence-electron chi connectivity index (χ2n) is 5.40. The average Bonchev–Trinajstić information content (AvgIpc) is 2.57. The van der Waals surface area contributed by atoms with Gasteiger partial charge in [-0.2, -0.15) is 0 Å². The molecule has 0 aromatic carbocycles. The lowest BCUT2D eigenvalue weighted by Crippen LogP contribution is -2.55. The van der Waals surface area contributed by atoms with E-state index in [0.29, 0.717) is 12.1 Å². The molecule has 3 nitrogen and oxygen atoms in total. The quantitative estimate of drug-likeness (QED) is 0.775. The molecule has 2 aliphatic heterocycles. The zero-order valence-corrected chi connectivity index (χ0v) is 12.0. The smallest absolute Gasteiger partial charge is 0.142 e. The van der Waals surface area contributed by atoms with Gasteiger partial charge in [0.25, 0.3) is 0 Å².